The van der Waals surface area contributed by atoms with E-state index in [1.807, 2.05) is 12.1 Å². The fourth-order valence-electron chi connectivity index (χ4n) is 4.74. The molecule has 0 saturated heterocycles. The molecule has 0 spiro atoms. The fourth-order valence-corrected chi connectivity index (χ4v) is 4.97. The molecule has 30 heavy (non-hydrogen) atoms. The number of benzene rings is 4. The standard InChI is InChI=1S/C28H20ClN/c29-22-16-21(19-8-2-1-3-9-19)17-23(18-22)30-27-13-7-6-12-25(27)26-15-14-20-10-4-5-11-24(20)28(26)30/h1-3,5-9,11-18H,4,10H2. The lowest BCUT2D eigenvalue weighted by Gasteiger charge is -2.16. The predicted octanol–water partition coefficient (Wildman–Crippen LogP) is 8.06. The molecule has 0 amide bonds. The van der Waals surface area contributed by atoms with E-state index in [4.69, 9.17) is 11.6 Å². The molecule has 0 aliphatic heterocycles. The maximum atomic E-state index is 6.64. The first-order valence-corrected chi connectivity index (χ1v) is 10.8. The maximum absolute atomic E-state index is 6.64. The Morgan fingerprint density at radius 2 is 1.57 bits per heavy atom. The second kappa shape index (κ2) is 6.90. The molecule has 0 atom stereocenters. The van der Waals surface area contributed by atoms with Crippen molar-refractivity contribution in [3.63, 3.8) is 0 Å². The van der Waals surface area contributed by atoms with Crippen molar-refractivity contribution in [3.05, 3.63) is 107 Å². The largest absolute Gasteiger partial charge is 0.309 e. The smallest absolute Gasteiger partial charge is 0.0616 e. The zero-order valence-electron chi connectivity index (χ0n) is 16.5. The first-order valence-electron chi connectivity index (χ1n) is 10.4. The number of fused-ring (bicyclic) bond motifs is 5. The minimum Gasteiger partial charge on any atom is -0.309 e. The highest BCUT2D eigenvalue weighted by atomic mass is 35.5. The van der Waals surface area contributed by atoms with Crippen LogP contribution in [0.4, 0.5) is 0 Å². The summed E-state index contributed by atoms with van der Waals surface area (Å²) in [6.07, 6.45) is 6.78. The number of rotatable bonds is 2. The van der Waals surface area contributed by atoms with Crippen molar-refractivity contribution in [2.45, 2.75) is 12.8 Å². The molecule has 1 nitrogen and oxygen atoms in total. The van der Waals surface area contributed by atoms with Gasteiger partial charge in [0.15, 0.2) is 0 Å². The number of allylic oxidation sites excluding steroid dienone is 1. The number of aromatic nitrogens is 1. The second-order valence-electron chi connectivity index (χ2n) is 7.89. The van der Waals surface area contributed by atoms with Gasteiger partial charge in [0.2, 0.25) is 0 Å². The Labute approximate surface area is 180 Å². The van der Waals surface area contributed by atoms with Crippen molar-refractivity contribution in [1.29, 1.82) is 0 Å². The Kier molecular flexibility index (Phi) is 4.04. The number of aryl methyl sites for hydroxylation is 1. The van der Waals surface area contributed by atoms with Gasteiger partial charge >= 0.3 is 0 Å². The number of halogens is 1. The van der Waals surface area contributed by atoms with Gasteiger partial charge in [-0.1, -0.05) is 84.4 Å². The molecule has 0 saturated carbocycles. The highest BCUT2D eigenvalue weighted by Crippen LogP contribution is 2.38. The molecule has 2 heteroatoms. The Hall–Kier alpha value is -3.29. The van der Waals surface area contributed by atoms with Gasteiger partial charge in [0, 0.05) is 27.0 Å². The lowest BCUT2D eigenvalue weighted by atomic mass is 9.95. The van der Waals surface area contributed by atoms with Crippen LogP contribution in [0.25, 0.3) is 44.7 Å². The van der Waals surface area contributed by atoms with E-state index in [9.17, 15) is 0 Å². The third-order valence-corrected chi connectivity index (χ3v) is 6.30. The van der Waals surface area contributed by atoms with Crippen LogP contribution < -0.4 is 0 Å². The van der Waals surface area contributed by atoms with Gasteiger partial charge in [-0.3, -0.25) is 0 Å². The minimum absolute atomic E-state index is 0.748. The summed E-state index contributed by atoms with van der Waals surface area (Å²) in [5, 5.41) is 3.31. The summed E-state index contributed by atoms with van der Waals surface area (Å²) in [4.78, 5) is 0. The predicted molar refractivity (Wildman–Crippen MR) is 129 cm³/mol. The molecular formula is C28H20ClN. The quantitative estimate of drug-likeness (QED) is 0.280. The molecule has 0 bridgehead atoms. The molecule has 1 aromatic heterocycles. The Morgan fingerprint density at radius 3 is 2.47 bits per heavy atom. The fraction of sp³-hybridized carbons (Fsp3) is 0.0714. The maximum Gasteiger partial charge on any atom is 0.0616 e. The van der Waals surface area contributed by atoms with Gasteiger partial charge in [-0.2, -0.15) is 0 Å². The number of nitrogens with zero attached hydrogens (tertiary/aromatic N) is 1. The van der Waals surface area contributed by atoms with Gasteiger partial charge < -0.3 is 4.57 Å². The summed E-state index contributed by atoms with van der Waals surface area (Å²) < 4.78 is 2.39. The molecule has 0 unspecified atom stereocenters. The summed E-state index contributed by atoms with van der Waals surface area (Å²) in [7, 11) is 0. The highest BCUT2D eigenvalue weighted by Gasteiger charge is 2.18. The van der Waals surface area contributed by atoms with Crippen LogP contribution in [0.15, 0.2) is 91.0 Å². The van der Waals surface area contributed by atoms with Crippen LogP contribution in [0.2, 0.25) is 5.02 Å². The molecular weight excluding hydrogens is 386 g/mol. The van der Waals surface area contributed by atoms with Crippen LogP contribution in [0.1, 0.15) is 17.5 Å². The van der Waals surface area contributed by atoms with Crippen LogP contribution in [0.3, 0.4) is 0 Å². The van der Waals surface area contributed by atoms with Crippen molar-refractivity contribution in [1.82, 2.24) is 4.57 Å². The summed E-state index contributed by atoms with van der Waals surface area (Å²) in [6.45, 7) is 0. The zero-order valence-corrected chi connectivity index (χ0v) is 17.2. The van der Waals surface area contributed by atoms with Crippen molar-refractivity contribution in [2.24, 2.45) is 0 Å². The molecule has 144 valence electrons. The van der Waals surface area contributed by atoms with Crippen LogP contribution in [-0.2, 0) is 6.42 Å². The number of hydrogen-bond acceptors (Lipinski definition) is 0. The normalized spacial score (nSPS) is 13.1. The van der Waals surface area contributed by atoms with E-state index in [1.54, 1.807) is 0 Å². The van der Waals surface area contributed by atoms with E-state index in [0.29, 0.717) is 0 Å². The Bertz CT molecular complexity index is 1440. The second-order valence-corrected chi connectivity index (χ2v) is 8.33. The first-order chi connectivity index (χ1) is 14.8. The van der Waals surface area contributed by atoms with Gasteiger partial charge in [0.25, 0.3) is 0 Å². The third-order valence-electron chi connectivity index (χ3n) is 6.08. The van der Waals surface area contributed by atoms with Gasteiger partial charge in [-0.25, -0.2) is 0 Å². The number of hydrogen-bond donors (Lipinski definition) is 0. The van der Waals surface area contributed by atoms with Crippen molar-refractivity contribution in [2.75, 3.05) is 0 Å². The molecule has 5 aromatic rings. The van der Waals surface area contributed by atoms with Crippen molar-refractivity contribution < 1.29 is 0 Å². The highest BCUT2D eigenvalue weighted by molar-refractivity contribution is 6.31. The Balaban J connectivity index is 1.73. The van der Waals surface area contributed by atoms with Gasteiger partial charge in [0.05, 0.1) is 11.0 Å². The monoisotopic (exact) mass is 405 g/mol. The summed E-state index contributed by atoms with van der Waals surface area (Å²) in [5.74, 6) is 0. The molecule has 1 aliphatic carbocycles. The van der Waals surface area contributed by atoms with Gasteiger partial charge in [-0.05, 0) is 53.8 Å². The molecule has 4 aromatic carbocycles. The third kappa shape index (κ3) is 2.70. The van der Waals surface area contributed by atoms with E-state index in [-0.39, 0.29) is 0 Å². The van der Waals surface area contributed by atoms with Crippen molar-refractivity contribution in [3.8, 4) is 16.8 Å². The van der Waals surface area contributed by atoms with Crippen LogP contribution in [-0.4, -0.2) is 4.57 Å². The van der Waals surface area contributed by atoms with Crippen LogP contribution in [0.5, 0.6) is 0 Å². The first kappa shape index (κ1) is 17.6. The average molecular weight is 406 g/mol. The van der Waals surface area contributed by atoms with E-state index < -0.39 is 0 Å². The minimum atomic E-state index is 0.748. The Morgan fingerprint density at radius 1 is 0.733 bits per heavy atom. The molecule has 0 fully saturated rings. The number of para-hydroxylation sites is 1. The van der Waals surface area contributed by atoms with Crippen LogP contribution >= 0.6 is 11.6 Å². The van der Waals surface area contributed by atoms with Crippen LogP contribution in [0, 0.1) is 0 Å². The van der Waals surface area contributed by atoms with E-state index in [1.165, 1.54) is 38.5 Å². The summed E-state index contributed by atoms with van der Waals surface area (Å²) >= 11 is 6.64. The average Bonchev–Trinajstić information content (AvgIpc) is 3.14. The molecule has 1 aliphatic rings. The summed E-state index contributed by atoms with van der Waals surface area (Å²) in [5.41, 5.74) is 8.62. The zero-order chi connectivity index (χ0) is 20.1. The van der Waals surface area contributed by atoms with E-state index in [2.05, 4.69) is 89.5 Å². The lowest BCUT2D eigenvalue weighted by molar-refractivity contribution is 0.986. The molecule has 1 heterocycles. The summed E-state index contributed by atoms with van der Waals surface area (Å²) in [6, 6.07) is 30.0. The van der Waals surface area contributed by atoms with Crippen molar-refractivity contribution >= 4 is 39.5 Å². The molecule has 0 radical (unpaired) electrons. The van der Waals surface area contributed by atoms with E-state index >= 15 is 0 Å². The molecule has 6 rings (SSSR count). The molecule has 0 N–H and O–H groups in total. The van der Waals surface area contributed by atoms with E-state index in [0.717, 1.165) is 29.1 Å². The lowest BCUT2D eigenvalue weighted by Crippen LogP contribution is -2.00. The van der Waals surface area contributed by atoms with Gasteiger partial charge in [0.1, 0.15) is 0 Å². The SMILES string of the molecule is Clc1cc(-c2ccccc2)cc(-n2c3ccccc3c3ccc4c(c32)C=CCC4)c1. The topological polar surface area (TPSA) is 4.93 Å². The van der Waals surface area contributed by atoms with Gasteiger partial charge in [-0.15, -0.1) is 0 Å².